The minimum atomic E-state index is -0.0770. The van der Waals surface area contributed by atoms with E-state index in [2.05, 4.69) is 85.0 Å². The number of fused-ring (bicyclic) bond motifs is 2. The predicted octanol–water partition coefficient (Wildman–Crippen LogP) is 7.05. The van der Waals surface area contributed by atoms with Crippen molar-refractivity contribution in [3.05, 3.63) is 138 Å². The molecule has 4 aromatic rings. The first kappa shape index (κ1) is 25.9. The molecule has 2 aliphatic carbocycles. The first-order chi connectivity index (χ1) is 19.8. The Balaban J connectivity index is 1.51. The predicted molar refractivity (Wildman–Crippen MR) is 162 cm³/mol. The minimum Gasteiger partial charge on any atom is -0.491 e. The lowest BCUT2D eigenvalue weighted by Crippen LogP contribution is -2.20. The molecule has 0 amide bonds. The minimum absolute atomic E-state index is 0.0158. The fraction of sp³-hybridized carbons (Fsp3) is 0.167. The molecule has 2 atom stereocenters. The van der Waals surface area contributed by atoms with E-state index in [-0.39, 0.29) is 38.3 Å². The molecule has 4 aromatic carbocycles. The molecule has 0 bridgehead atoms. The van der Waals surface area contributed by atoms with Gasteiger partial charge < -0.3 is 19.7 Å². The second-order valence-electron chi connectivity index (χ2n) is 9.97. The van der Waals surface area contributed by atoms with E-state index >= 15 is 0 Å². The Labute approximate surface area is 234 Å². The molecule has 0 heterocycles. The van der Waals surface area contributed by atoms with Gasteiger partial charge in [-0.15, -0.1) is 0 Å². The van der Waals surface area contributed by atoms with E-state index in [1.165, 1.54) is 11.1 Å². The maximum atomic E-state index is 9.58. The van der Waals surface area contributed by atoms with Crippen molar-refractivity contribution in [1.82, 2.24) is 0 Å². The molecule has 0 aromatic heterocycles. The van der Waals surface area contributed by atoms with Crippen molar-refractivity contribution in [3.8, 4) is 16.9 Å². The summed E-state index contributed by atoms with van der Waals surface area (Å²) in [6.45, 7) is 0.243. The molecule has 0 fully saturated rings. The van der Waals surface area contributed by atoms with Gasteiger partial charge in [-0.3, -0.25) is 0 Å². The second kappa shape index (κ2) is 11.8. The Morgan fingerprint density at radius 2 is 1.38 bits per heavy atom. The summed E-state index contributed by atoms with van der Waals surface area (Å²) >= 11 is 0. The average Bonchev–Trinajstić information content (AvgIpc) is 3.02. The second-order valence-corrected chi connectivity index (χ2v) is 9.97. The van der Waals surface area contributed by atoms with Gasteiger partial charge in [-0.05, 0) is 51.2 Å². The SMILES string of the molecule is OCCOC1=C(c2c(OCCO)ccc3cc(-c4ccccc4)ccc23)C2C=CC(c3ccccc3)=CC2C=C1. The number of rotatable bonds is 9. The zero-order valence-corrected chi connectivity index (χ0v) is 22.2. The zero-order chi connectivity index (χ0) is 27.3. The van der Waals surface area contributed by atoms with Crippen LogP contribution in [0.3, 0.4) is 0 Å². The molecule has 200 valence electrons. The van der Waals surface area contributed by atoms with Crippen molar-refractivity contribution in [3.63, 3.8) is 0 Å². The fourth-order valence-electron chi connectivity index (χ4n) is 5.69. The lowest BCUT2D eigenvalue weighted by molar-refractivity contribution is 0.151. The maximum Gasteiger partial charge on any atom is 0.127 e. The van der Waals surface area contributed by atoms with Crippen LogP contribution in [0.25, 0.3) is 33.0 Å². The molecule has 0 saturated heterocycles. The summed E-state index contributed by atoms with van der Waals surface area (Å²) in [4.78, 5) is 0. The van der Waals surface area contributed by atoms with Crippen LogP contribution in [-0.4, -0.2) is 36.6 Å². The molecule has 0 radical (unpaired) electrons. The Kier molecular flexibility index (Phi) is 7.62. The zero-order valence-electron chi connectivity index (χ0n) is 22.2. The van der Waals surface area contributed by atoms with Crippen molar-refractivity contribution in [2.75, 3.05) is 26.4 Å². The average molecular weight is 529 g/mol. The van der Waals surface area contributed by atoms with Crippen molar-refractivity contribution in [2.24, 2.45) is 11.8 Å². The summed E-state index contributed by atoms with van der Waals surface area (Å²) < 4.78 is 12.3. The summed E-state index contributed by atoms with van der Waals surface area (Å²) in [5, 5.41) is 21.3. The molecule has 2 aliphatic rings. The van der Waals surface area contributed by atoms with Gasteiger partial charge in [0.1, 0.15) is 24.7 Å². The van der Waals surface area contributed by atoms with Gasteiger partial charge in [0.05, 0.1) is 13.2 Å². The highest BCUT2D eigenvalue weighted by Crippen LogP contribution is 2.47. The van der Waals surface area contributed by atoms with Crippen molar-refractivity contribution in [2.45, 2.75) is 0 Å². The van der Waals surface area contributed by atoms with Gasteiger partial charge in [0, 0.05) is 23.0 Å². The van der Waals surface area contributed by atoms with Crippen LogP contribution in [0.2, 0.25) is 0 Å². The van der Waals surface area contributed by atoms with Crippen LogP contribution >= 0.6 is 0 Å². The number of ether oxygens (including phenoxy) is 2. The van der Waals surface area contributed by atoms with Gasteiger partial charge in [0.25, 0.3) is 0 Å². The Morgan fingerprint density at radius 3 is 2.12 bits per heavy atom. The monoisotopic (exact) mass is 528 g/mol. The number of aliphatic hydroxyl groups excluding tert-OH is 2. The Hall–Kier alpha value is -4.38. The Bertz CT molecular complexity index is 1610. The van der Waals surface area contributed by atoms with Crippen LogP contribution in [-0.2, 0) is 4.74 Å². The topological polar surface area (TPSA) is 58.9 Å². The summed E-state index contributed by atoms with van der Waals surface area (Å²) in [5.41, 5.74) is 6.65. The van der Waals surface area contributed by atoms with E-state index < -0.39 is 0 Å². The maximum absolute atomic E-state index is 9.58. The smallest absolute Gasteiger partial charge is 0.127 e. The van der Waals surface area contributed by atoms with Crippen LogP contribution < -0.4 is 4.74 Å². The van der Waals surface area contributed by atoms with Crippen LogP contribution in [0.4, 0.5) is 0 Å². The lowest BCUT2D eigenvalue weighted by atomic mass is 9.73. The van der Waals surface area contributed by atoms with E-state index in [1.807, 2.05) is 36.4 Å². The van der Waals surface area contributed by atoms with Gasteiger partial charge in [-0.1, -0.05) is 103 Å². The molecule has 4 nitrogen and oxygen atoms in total. The number of aliphatic hydroxyl groups is 2. The molecule has 4 heteroatoms. The first-order valence-corrected chi connectivity index (χ1v) is 13.7. The number of hydrogen-bond donors (Lipinski definition) is 2. The lowest BCUT2D eigenvalue weighted by Gasteiger charge is -2.32. The van der Waals surface area contributed by atoms with Crippen molar-refractivity contribution in [1.29, 1.82) is 0 Å². The van der Waals surface area contributed by atoms with Gasteiger partial charge in [0.2, 0.25) is 0 Å². The molecular formula is C36H32O4. The normalized spacial score (nSPS) is 18.0. The summed E-state index contributed by atoms with van der Waals surface area (Å²) in [5.74, 6) is 1.57. The Morgan fingerprint density at radius 1 is 0.650 bits per heavy atom. The number of hydrogen-bond acceptors (Lipinski definition) is 4. The van der Waals surface area contributed by atoms with Gasteiger partial charge >= 0.3 is 0 Å². The van der Waals surface area contributed by atoms with E-state index in [0.29, 0.717) is 5.75 Å². The summed E-state index contributed by atoms with van der Waals surface area (Å²) in [6, 6.07) is 31.3. The summed E-state index contributed by atoms with van der Waals surface area (Å²) in [7, 11) is 0. The van der Waals surface area contributed by atoms with Crippen molar-refractivity contribution >= 4 is 21.9 Å². The molecule has 2 N–H and O–H groups in total. The number of allylic oxidation sites excluding steroid dienone is 7. The summed E-state index contributed by atoms with van der Waals surface area (Å²) in [6.07, 6.45) is 11.0. The van der Waals surface area contributed by atoms with Crippen LogP contribution in [0, 0.1) is 11.8 Å². The highest BCUT2D eigenvalue weighted by molar-refractivity contribution is 6.00. The van der Waals surface area contributed by atoms with Gasteiger partial charge in [0.15, 0.2) is 0 Å². The standard InChI is InChI=1S/C36H32O4/c37-19-21-39-33-17-13-29-23-27(25-7-3-1-4-8-25)11-15-31(29)35(33)36-32-16-12-28(26-9-5-2-6-10-26)24-30(32)14-18-34(36)40-22-20-38/h1-18,23-24,29,31,37-38H,19-22H2. The van der Waals surface area contributed by atoms with Crippen LogP contribution in [0.5, 0.6) is 5.75 Å². The fourth-order valence-corrected chi connectivity index (χ4v) is 5.69. The van der Waals surface area contributed by atoms with E-state index in [0.717, 1.165) is 38.8 Å². The largest absolute Gasteiger partial charge is 0.491 e. The molecule has 2 unspecified atom stereocenters. The third-order valence-corrected chi connectivity index (χ3v) is 7.50. The highest BCUT2D eigenvalue weighted by atomic mass is 16.5. The molecule has 0 saturated carbocycles. The molecule has 40 heavy (non-hydrogen) atoms. The molecular weight excluding hydrogens is 496 g/mol. The van der Waals surface area contributed by atoms with Crippen LogP contribution in [0.1, 0.15) is 11.1 Å². The number of benzene rings is 4. The molecule has 6 rings (SSSR count). The molecule has 0 aliphatic heterocycles. The van der Waals surface area contributed by atoms with E-state index in [9.17, 15) is 10.2 Å². The van der Waals surface area contributed by atoms with E-state index in [1.54, 1.807) is 0 Å². The third-order valence-electron chi connectivity index (χ3n) is 7.50. The quantitative estimate of drug-likeness (QED) is 0.244. The first-order valence-electron chi connectivity index (χ1n) is 13.7. The van der Waals surface area contributed by atoms with Crippen LogP contribution in [0.15, 0.2) is 127 Å². The third kappa shape index (κ3) is 5.12. The van der Waals surface area contributed by atoms with Gasteiger partial charge in [-0.2, -0.15) is 0 Å². The highest BCUT2D eigenvalue weighted by Gasteiger charge is 2.32. The van der Waals surface area contributed by atoms with E-state index in [4.69, 9.17) is 9.47 Å². The molecule has 0 spiro atoms. The van der Waals surface area contributed by atoms with Gasteiger partial charge in [-0.25, -0.2) is 0 Å². The van der Waals surface area contributed by atoms with Crippen molar-refractivity contribution < 1.29 is 19.7 Å².